The third-order valence-corrected chi connectivity index (χ3v) is 3.84. The number of carbonyl (C=O) groups excluding carboxylic acids is 1. The lowest BCUT2D eigenvalue weighted by Gasteiger charge is -2.37. The van der Waals surface area contributed by atoms with Gasteiger partial charge in [0, 0.05) is 6.54 Å². The molecule has 4 heteroatoms. The van der Waals surface area contributed by atoms with Gasteiger partial charge in [0.05, 0.1) is 12.8 Å². The first kappa shape index (κ1) is 11.4. The van der Waals surface area contributed by atoms with E-state index in [0.717, 1.165) is 42.9 Å². The molecule has 0 radical (unpaired) electrons. The number of amides is 1. The number of carbonyl (C=O) groups is 1. The van der Waals surface area contributed by atoms with Crippen molar-refractivity contribution in [1.82, 2.24) is 0 Å². The second kappa shape index (κ2) is 4.52. The number of nitrogens with zero attached hydrogens (tertiary/aromatic N) is 1. The molecule has 0 aliphatic carbocycles. The molecule has 1 fully saturated rings. The summed E-state index contributed by atoms with van der Waals surface area (Å²) in [6.45, 7) is 0.957. The molecule has 4 nitrogen and oxygen atoms in total. The number of anilines is 2. The zero-order valence-corrected chi connectivity index (χ0v) is 10.6. The number of para-hydroxylation sites is 1. The van der Waals surface area contributed by atoms with E-state index in [0.29, 0.717) is 0 Å². The molecule has 0 spiro atoms. The minimum Gasteiger partial charge on any atom is -0.494 e. The van der Waals surface area contributed by atoms with E-state index in [4.69, 9.17) is 4.74 Å². The van der Waals surface area contributed by atoms with Crippen molar-refractivity contribution >= 4 is 17.3 Å². The molecule has 96 valence electrons. The topological polar surface area (TPSA) is 41.6 Å². The van der Waals surface area contributed by atoms with Crippen molar-refractivity contribution < 1.29 is 9.53 Å². The molecule has 1 aromatic carbocycles. The van der Waals surface area contributed by atoms with Crippen LogP contribution in [0.15, 0.2) is 18.2 Å². The summed E-state index contributed by atoms with van der Waals surface area (Å²) in [6, 6.07) is 5.93. The van der Waals surface area contributed by atoms with Gasteiger partial charge in [0.2, 0.25) is 5.91 Å². The van der Waals surface area contributed by atoms with E-state index in [9.17, 15) is 4.79 Å². The SMILES string of the molecule is COc1cccc2c1NC(=O)C1CCCCCN21. The number of fused-ring (bicyclic) bond motifs is 3. The molecule has 2 heterocycles. The minimum absolute atomic E-state index is 0.00731. The molecule has 1 amide bonds. The molecule has 18 heavy (non-hydrogen) atoms. The molecule has 0 bridgehead atoms. The molecular weight excluding hydrogens is 228 g/mol. The van der Waals surface area contributed by atoms with Gasteiger partial charge in [0.15, 0.2) is 0 Å². The largest absolute Gasteiger partial charge is 0.494 e. The van der Waals surface area contributed by atoms with Gasteiger partial charge in [-0.2, -0.15) is 0 Å². The van der Waals surface area contributed by atoms with Crippen molar-refractivity contribution in [3.63, 3.8) is 0 Å². The van der Waals surface area contributed by atoms with Crippen LogP contribution in [0.3, 0.4) is 0 Å². The van der Waals surface area contributed by atoms with Crippen LogP contribution < -0.4 is 15.0 Å². The van der Waals surface area contributed by atoms with E-state index in [1.807, 2.05) is 12.1 Å². The summed E-state index contributed by atoms with van der Waals surface area (Å²) in [5.74, 6) is 0.845. The Kier molecular flexibility index (Phi) is 2.86. The van der Waals surface area contributed by atoms with Crippen LogP contribution in [0.5, 0.6) is 5.75 Å². The first-order chi connectivity index (χ1) is 8.81. The predicted molar refractivity (Wildman–Crippen MR) is 71.2 cm³/mol. The highest BCUT2D eigenvalue weighted by Crippen LogP contribution is 2.40. The zero-order valence-electron chi connectivity index (χ0n) is 10.6. The third-order valence-electron chi connectivity index (χ3n) is 3.84. The maximum absolute atomic E-state index is 12.2. The van der Waals surface area contributed by atoms with Crippen LogP contribution in [0.25, 0.3) is 0 Å². The Bertz CT molecular complexity index is 473. The van der Waals surface area contributed by atoms with Crippen LogP contribution >= 0.6 is 0 Å². The van der Waals surface area contributed by atoms with E-state index in [-0.39, 0.29) is 11.9 Å². The Balaban J connectivity index is 2.06. The monoisotopic (exact) mass is 246 g/mol. The molecule has 3 rings (SSSR count). The van der Waals surface area contributed by atoms with Gasteiger partial charge in [-0.1, -0.05) is 18.9 Å². The van der Waals surface area contributed by atoms with Crippen LogP contribution in [0.1, 0.15) is 25.7 Å². The third kappa shape index (κ3) is 1.72. The highest BCUT2D eigenvalue weighted by atomic mass is 16.5. The molecule has 0 aromatic heterocycles. The maximum Gasteiger partial charge on any atom is 0.247 e. The van der Waals surface area contributed by atoms with Crippen LogP contribution in [-0.2, 0) is 4.79 Å². The zero-order chi connectivity index (χ0) is 12.5. The van der Waals surface area contributed by atoms with Crippen LogP contribution in [-0.4, -0.2) is 25.6 Å². The highest BCUT2D eigenvalue weighted by Gasteiger charge is 2.34. The standard InChI is InChI=1S/C14H18N2O2/c1-18-12-8-5-7-10-13(12)15-14(17)11-6-3-2-4-9-16(10)11/h5,7-8,11H,2-4,6,9H2,1H3,(H,15,17). The summed E-state index contributed by atoms with van der Waals surface area (Å²) in [5, 5.41) is 3.00. The maximum atomic E-state index is 12.2. The Hall–Kier alpha value is -1.71. The number of ether oxygens (including phenoxy) is 1. The fourth-order valence-electron chi connectivity index (χ4n) is 2.93. The van der Waals surface area contributed by atoms with E-state index >= 15 is 0 Å². The van der Waals surface area contributed by atoms with E-state index < -0.39 is 0 Å². The van der Waals surface area contributed by atoms with Crippen molar-refractivity contribution in [3.05, 3.63) is 18.2 Å². The van der Waals surface area contributed by atoms with Gasteiger partial charge in [-0.25, -0.2) is 0 Å². The van der Waals surface area contributed by atoms with Gasteiger partial charge < -0.3 is 15.0 Å². The van der Waals surface area contributed by atoms with Crippen LogP contribution in [0.4, 0.5) is 11.4 Å². The van der Waals surface area contributed by atoms with E-state index in [2.05, 4.69) is 16.3 Å². The van der Waals surface area contributed by atoms with Gasteiger partial charge >= 0.3 is 0 Å². The summed E-state index contributed by atoms with van der Waals surface area (Å²) >= 11 is 0. The lowest BCUT2D eigenvalue weighted by Crippen LogP contribution is -2.47. The van der Waals surface area contributed by atoms with Crippen LogP contribution in [0.2, 0.25) is 0 Å². The summed E-state index contributed by atoms with van der Waals surface area (Å²) in [7, 11) is 1.64. The van der Waals surface area contributed by atoms with E-state index in [1.54, 1.807) is 7.11 Å². The summed E-state index contributed by atoms with van der Waals surface area (Å²) in [5.41, 5.74) is 1.92. The number of benzene rings is 1. The lowest BCUT2D eigenvalue weighted by molar-refractivity contribution is -0.117. The van der Waals surface area contributed by atoms with Crippen molar-refractivity contribution in [2.45, 2.75) is 31.7 Å². The van der Waals surface area contributed by atoms with Crippen molar-refractivity contribution in [3.8, 4) is 5.75 Å². The quantitative estimate of drug-likeness (QED) is 0.827. The van der Waals surface area contributed by atoms with Crippen molar-refractivity contribution in [2.75, 3.05) is 23.9 Å². The fraction of sp³-hybridized carbons (Fsp3) is 0.500. The second-order valence-electron chi connectivity index (χ2n) is 4.90. The number of hydrogen-bond donors (Lipinski definition) is 1. The van der Waals surface area contributed by atoms with Gasteiger partial charge in [-0.05, 0) is 25.0 Å². The van der Waals surface area contributed by atoms with Crippen molar-refractivity contribution in [1.29, 1.82) is 0 Å². The highest BCUT2D eigenvalue weighted by molar-refractivity contribution is 6.05. The molecule has 2 aliphatic heterocycles. The second-order valence-corrected chi connectivity index (χ2v) is 4.90. The molecule has 1 atom stereocenters. The Morgan fingerprint density at radius 2 is 2.22 bits per heavy atom. The average molecular weight is 246 g/mol. The first-order valence-electron chi connectivity index (χ1n) is 6.56. The van der Waals surface area contributed by atoms with Gasteiger partial charge in [-0.15, -0.1) is 0 Å². The Morgan fingerprint density at radius 3 is 3.06 bits per heavy atom. The average Bonchev–Trinajstić information content (AvgIpc) is 2.64. The fourth-order valence-corrected chi connectivity index (χ4v) is 2.93. The van der Waals surface area contributed by atoms with Crippen LogP contribution in [0, 0.1) is 0 Å². The minimum atomic E-state index is -0.00731. The Morgan fingerprint density at radius 1 is 1.33 bits per heavy atom. The molecule has 1 unspecified atom stereocenters. The number of nitrogens with one attached hydrogen (secondary N) is 1. The smallest absolute Gasteiger partial charge is 0.247 e. The summed E-state index contributed by atoms with van der Waals surface area (Å²) in [6.07, 6.45) is 4.44. The molecule has 2 aliphatic rings. The van der Waals surface area contributed by atoms with Gasteiger partial charge in [0.25, 0.3) is 0 Å². The van der Waals surface area contributed by atoms with Crippen molar-refractivity contribution in [2.24, 2.45) is 0 Å². The molecule has 0 saturated carbocycles. The number of hydrogen-bond acceptors (Lipinski definition) is 3. The van der Waals surface area contributed by atoms with Gasteiger partial charge in [0.1, 0.15) is 17.5 Å². The number of rotatable bonds is 1. The Labute approximate surface area is 107 Å². The normalized spacial score (nSPS) is 22.6. The molecule has 1 aromatic rings. The van der Waals surface area contributed by atoms with Gasteiger partial charge in [-0.3, -0.25) is 4.79 Å². The predicted octanol–water partition coefficient (Wildman–Crippen LogP) is 2.40. The number of methoxy groups -OCH3 is 1. The molecular formula is C14H18N2O2. The first-order valence-corrected chi connectivity index (χ1v) is 6.56. The molecule has 1 saturated heterocycles. The lowest BCUT2D eigenvalue weighted by atomic mass is 10.0. The summed E-state index contributed by atoms with van der Waals surface area (Å²) < 4.78 is 5.33. The van der Waals surface area contributed by atoms with E-state index in [1.165, 1.54) is 6.42 Å². The summed E-state index contributed by atoms with van der Waals surface area (Å²) in [4.78, 5) is 14.4. The molecule has 1 N–H and O–H groups in total.